The summed E-state index contributed by atoms with van der Waals surface area (Å²) in [6.07, 6.45) is 4.14. The Hall–Kier alpha value is -2.36. The largest absolute Gasteiger partial charge is 0.507 e. The topological polar surface area (TPSA) is 50.4 Å². The SMILES string of the molecule is O=C(/C=C\c1ccco1)c1cc(F)ccc1O. The molecule has 0 amide bonds. The zero-order chi connectivity index (χ0) is 12.3. The average molecular weight is 232 g/mol. The normalized spacial score (nSPS) is 10.9. The zero-order valence-corrected chi connectivity index (χ0v) is 8.76. The molecule has 0 aliphatic rings. The molecule has 1 aromatic carbocycles. The molecule has 2 aromatic rings. The third-order valence-corrected chi connectivity index (χ3v) is 2.17. The molecule has 17 heavy (non-hydrogen) atoms. The first-order valence-corrected chi connectivity index (χ1v) is 4.91. The fourth-order valence-electron chi connectivity index (χ4n) is 1.34. The number of halogens is 1. The Morgan fingerprint density at radius 1 is 1.35 bits per heavy atom. The summed E-state index contributed by atoms with van der Waals surface area (Å²) in [6, 6.07) is 6.58. The molecule has 0 saturated carbocycles. The summed E-state index contributed by atoms with van der Waals surface area (Å²) in [5, 5.41) is 9.42. The number of phenols is 1. The first kappa shape index (κ1) is 11.1. The van der Waals surface area contributed by atoms with E-state index in [0.717, 1.165) is 18.2 Å². The summed E-state index contributed by atoms with van der Waals surface area (Å²) < 4.78 is 17.9. The average Bonchev–Trinajstić information content (AvgIpc) is 2.82. The number of hydrogen-bond acceptors (Lipinski definition) is 3. The zero-order valence-electron chi connectivity index (χ0n) is 8.76. The first-order chi connectivity index (χ1) is 8.16. The van der Waals surface area contributed by atoms with Crippen molar-refractivity contribution in [1.29, 1.82) is 0 Å². The Labute approximate surface area is 96.8 Å². The molecule has 0 atom stereocenters. The van der Waals surface area contributed by atoms with Crippen molar-refractivity contribution in [2.75, 3.05) is 0 Å². The van der Waals surface area contributed by atoms with Crippen LogP contribution >= 0.6 is 0 Å². The van der Waals surface area contributed by atoms with Gasteiger partial charge in [-0.3, -0.25) is 4.79 Å². The van der Waals surface area contributed by atoms with Gasteiger partial charge < -0.3 is 9.52 Å². The van der Waals surface area contributed by atoms with Gasteiger partial charge in [0.05, 0.1) is 11.8 Å². The van der Waals surface area contributed by atoms with Gasteiger partial charge in [-0.15, -0.1) is 0 Å². The summed E-state index contributed by atoms with van der Waals surface area (Å²) in [5.74, 6) is -0.800. The van der Waals surface area contributed by atoms with Crippen LogP contribution in [0.2, 0.25) is 0 Å². The lowest BCUT2D eigenvalue weighted by atomic mass is 10.1. The molecule has 0 unspecified atom stereocenters. The molecule has 0 spiro atoms. The summed E-state index contributed by atoms with van der Waals surface area (Å²) in [5.41, 5.74) is -0.0761. The van der Waals surface area contributed by atoms with Crippen molar-refractivity contribution < 1.29 is 18.7 Å². The van der Waals surface area contributed by atoms with Crippen LogP contribution in [0.3, 0.4) is 0 Å². The van der Waals surface area contributed by atoms with Crippen LogP contribution in [-0.4, -0.2) is 10.9 Å². The van der Waals surface area contributed by atoms with Gasteiger partial charge in [0.1, 0.15) is 17.3 Å². The molecule has 3 nitrogen and oxygen atoms in total. The molecule has 0 saturated heterocycles. The van der Waals surface area contributed by atoms with E-state index in [1.165, 1.54) is 18.4 Å². The molecule has 0 aliphatic carbocycles. The van der Waals surface area contributed by atoms with Crippen LogP contribution < -0.4 is 0 Å². The van der Waals surface area contributed by atoms with Crippen molar-refractivity contribution in [2.24, 2.45) is 0 Å². The number of carbonyl (C=O) groups is 1. The number of rotatable bonds is 3. The van der Waals surface area contributed by atoms with E-state index in [-0.39, 0.29) is 11.3 Å². The van der Waals surface area contributed by atoms with Crippen molar-refractivity contribution in [3.05, 3.63) is 59.8 Å². The smallest absolute Gasteiger partial charge is 0.189 e. The summed E-state index contributed by atoms with van der Waals surface area (Å²) >= 11 is 0. The van der Waals surface area contributed by atoms with Gasteiger partial charge in [0.2, 0.25) is 0 Å². The number of allylic oxidation sites excluding steroid dienone is 1. The second kappa shape index (κ2) is 4.65. The lowest BCUT2D eigenvalue weighted by molar-refractivity contribution is 0.104. The van der Waals surface area contributed by atoms with E-state index in [2.05, 4.69) is 0 Å². The van der Waals surface area contributed by atoms with Crippen LogP contribution in [0.15, 0.2) is 47.1 Å². The standard InChI is InChI=1S/C13H9FO3/c14-9-3-5-12(15)11(8-9)13(16)6-4-10-2-1-7-17-10/h1-8,15H/b6-4-. The highest BCUT2D eigenvalue weighted by Gasteiger charge is 2.09. The molecule has 0 bridgehead atoms. The fourth-order valence-corrected chi connectivity index (χ4v) is 1.34. The number of benzene rings is 1. The third kappa shape index (κ3) is 2.60. The minimum atomic E-state index is -0.572. The maximum absolute atomic E-state index is 12.9. The minimum absolute atomic E-state index is 0.0761. The lowest BCUT2D eigenvalue weighted by Gasteiger charge is -1.99. The molecular weight excluding hydrogens is 223 g/mol. The number of hydrogen-bond donors (Lipinski definition) is 1. The van der Waals surface area contributed by atoms with E-state index in [9.17, 15) is 14.3 Å². The molecule has 2 rings (SSSR count). The molecule has 1 N–H and O–H groups in total. The van der Waals surface area contributed by atoms with E-state index in [1.807, 2.05) is 0 Å². The highest BCUT2D eigenvalue weighted by Crippen LogP contribution is 2.19. The Morgan fingerprint density at radius 3 is 2.88 bits per heavy atom. The number of furan rings is 1. The van der Waals surface area contributed by atoms with E-state index >= 15 is 0 Å². The maximum Gasteiger partial charge on any atom is 0.189 e. The van der Waals surface area contributed by atoms with Crippen LogP contribution in [0.1, 0.15) is 16.1 Å². The Balaban J connectivity index is 2.23. The van der Waals surface area contributed by atoms with Crippen molar-refractivity contribution >= 4 is 11.9 Å². The van der Waals surface area contributed by atoms with Crippen molar-refractivity contribution in [3.63, 3.8) is 0 Å². The number of carbonyl (C=O) groups excluding carboxylic acids is 1. The minimum Gasteiger partial charge on any atom is -0.507 e. The number of aromatic hydroxyl groups is 1. The van der Waals surface area contributed by atoms with Gasteiger partial charge in [0, 0.05) is 0 Å². The van der Waals surface area contributed by atoms with E-state index < -0.39 is 11.6 Å². The van der Waals surface area contributed by atoms with E-state index in [1.54, 1.807) is 12.1 Å². The molecule has 4 heteroatoms. The van der Waals surface area contributed by atoms with Gasteiger partial charge in [-0.05, 0) is 42.5 Å². The predicted molar refractivity (Wildman–Crippen MR) is 60.1 cm³/mol. The molecule has 0 fully saturated rings. The Bertz CT molecular complexity index is 556. The molecule has 1 aromatic heterocycles. The van der Waals surface area contributed by atoms with Gasteiger partial charge in [-0.25, -0.2) is 4.39 Å². The van der Waals surface area contributed by atoms with Crippen molar-refractivity contribution in [3.8, 4) is 5.75 Å². The highest BCUT2D eigenvalue weighted by molar-refractivity contribution is 6.08. The van der Waals surface area contributed by atoms with Crippen LogP contribution in [0, 0.1) is 5.82 Å². The Morgan fingerprint density at radius 2 is 2.18 bits per heavy atom. The van der Waals surface area contributed by atoms with E-state index in [0.29, 0.717) is 5.76 Å². The molecule has 86 valence electrons. The monoisotopic (exact) mass is 232 g/mol. The number of ketones is 1. The summed E-state index contributed by atoms with van der Waals surface area (Å²) in [7, 11) is 0. The maximum atomic E-state index is 12.9. The van der Waals surface area contributed by atoms with Crippen LogP contribution in [0.25, 0.3) is 6.08 Å². The second-order valence-electron chi connectivity index (χ2n) is 3.37. The van der Waals surface area contributed by atoms with Gasteiger partial charge in [-0.1, -0.05) is 0 Å². The molecule has 1 heterocycles. The quantitative estimate of drug-likeness (QED) is 0.653. The second-order valence-corrected chi connectivity index (χ2v) is 3.37. The predicted octanol–water partition coefficient (Wildman–Crippen LogP) is 3.02. The van der Waals surface area contributed by atoms with Gasteiger partial charge in [0.15, 0.2) is 5.78 Å². The van der Waals surface area contributed by atoms with Crippen LogP contribution in [-0.2, 0) is 0 Å². The molecular formula is C13H9FO3. The van der Waals surface area contributed by atoms with Crippen LogP contribution in [0.4, 0.5) is 4.39 Å². The fraction of sp³-hybridized carbons (Fsp3) is 0. The van der Waals surface area contributed by atoms with Gasteiger partial charge in [-0.2, -0.15) is 0 Å². The van der Waals surface area contributed by atoms with Crippen LogP contribution in [0.5, 0.6) is 5.75 Å². The lowest BCUT2D eigenvalue weighted by Crippen LogP contribution is -1.95. The van der Waals surface area contributed by atoms with E-state index in [4.69, 9.17) is 4.42 Å². The molecule has 0 radical (unpaired) electrons. The number of phenolic OH excluding ortho intramolecular Hbond substituents is 1. The first-order valence-electron chi connectivity index (χ1n) is 4.91. The summed E-state index contributed by atoms with van der Waals surface area (Å²) in [4.78, 5) is 11.7. The molecule has 0 aliphatic heterocycles. The van der Waals surface area contributed by atoms with Crippen molar-refractivity contribution in [2.45, 2.75) is 0 Å². The van der Waals surface area contributed by atoms with Gasteiger partial charge in [0.25, 0.3) is 0 Å². The highest BCUT2D eigenvalue weighted by atomic mass is 19.1. The Kier molecular flexibility index (Phi) is 3.05. The van der Waals surface area contributed by atoms with Gasteiger partial charge >= 0.3 is 0 Å². The third-order valence-electron chi connectivity index (χ3n) is 2.17. The van der Waals surface area contributed by atoms with Crippen molar-refractivity contribution in [1.82, 2.24) is 0 Å². The summed E-state index contributed by atoms with van der Waals surface area (Å²) in [6.45, 7) is 0.